The van der Waals surface area contributed by atoms with Crippen molar-refractivity contribution in [3.05, 3.63) is 288 Å². The Morgan fingerprint density at radius 3 is 1.42 bits per heavy atom. The van der Waals surface area contributed by atoms with Gasteiger partial charge in [0.1, 0.15) is 5.82 Å². The van der Waals surface area contributed by atoms with Gasteiger partial charge in [0, 0.05) is 69.0 Å². The number of nitrogens with zero attached hydrogens (tertiary/aromatic N) is 10. The number of hydrogen-bond acceptors (Lipinski definition) is 10. The Hall–Kier alpha value is -9.89. The number of aromatic nitrogens is 10. The van der Waals surface area contributed by atoms with E-state index in [0.717, 1.165) is 61.9 Å². The zero-order valence-corrected chi connectivity index (χ0v) is 46.1. The summed E-state index contributed by atoms with van der Waals surface area (Å²) >= 11 is 0. The van der Waals surface area contributed by atoms with Crippen LogP contribution in [-0.4, -0.2) is 49.8 Å². The molecule has 0 spiro atoms. The highest BCUT2D eigenvalue weighted by molar-refractivity contribution is 5.82. The van der Waals surface area contributed by atoms with Gasteiger partial charge in [-0.1, -0.05) is 109 Å². The van der Waals surface area contributed by atoms with E-state index in [2.05, 4.69) is 99.2 Å². The van der Waals surface area contributed by atoms with E-state index in [0.29, 0.717) is 16.8 Å². The van der Waals surface area contributed by atoms with Gasteiger partial charge in [0.25, 0.3) is 0 Å². The average Bonchev–Trinajstić information content (AvgIpc) is 3.46. The minimum Gasteiger partial charge on any atom is -0.261 e. The maximum atomic E-state index is 12.2. The third-order valence-corrected chi connectivity index (χ3v) is 11.2. The van der Waals surface area contributed by atoms with Crippen LogP contribution >= 0.6 is 0 Å². The molecule has 0 radical (unpaired) electrons. The molecule has 408 valence electrons. The third kappa shape index (κ3) is 20.8. The van der Waals surface area contributed by atoms with Gasteiger partial charge in [-0.2, -0.15) is 31.9 Å². The first-order chi connectivity index (χ1) is 39.0. The second-order valence-electron chi connectivity index (χ2n) is 18.1. The Kier molecular flexibility index (Phi) is 23.0. The average molecular weight is 1090 g/mol. The summed E-state index contributed by atoms with van der Waals surface area (Å²) < 4.78 is 60.4. The quantitative estimate of drug-likeness (QED) is 0.107. The monoisotopic (exact) mass is 1090 g/mol. The standard InChI is InChI=1S/3C10H9N.2C9H8N2.2C6H5F2N.C6H6FN/c1-8-6-9-4-2-3-5-10(9)7-11-8;1-8-6-9-4-2-3-5-10(9)11-7-8;1-8-6-7-9-4-2-3-5-10(9)11-8;1-7-10-6-8-4-2-3-5-9(8)11-7;1-7-6-10-8-4-2-3-5-9(8)11-7;1-4-2-5(7)9-6(8)3-4;1-4-2-3-5(7)9-6(4)8;1-5-3-2-4-6(7)8-5/h3*2-7H,1H3;2*2-6H,1H3;2*2-3H,1H3;2-4H,1H3. The SMILES string of the molecule is Cc1cc(F)nc(F)c1.Cc1cc2ccccc2cn1.Cc1ccc(F)nc1F.Cc1ccc2ccccc2n1.Cc1cccc(F)n1.Cc1cnc2ccccc2c1.Cc1cnc2ccccc2n1.Cc1ncc2ccccc2n1. The second-order valence-corrected chi connectivity index (χ2v) is 18.1. The molecule has 0 bridgehead atoms. The van der Waals surface area contributed by atoms with Gasteiger partial charge in [-0.25, -0.2) is 19.9 Å². The molecular weight excluding hydrogens is 1030 g/mol. The summed E-state index contributed by atoms with van der Waals surface area (Å²) in [4.78, 5) is 39.1. The lowest BCUT2D eigenvalue weighted by molar-refractivity contribution is 0.507. The zero-order valence-electron chi connectivity index (χ0n) is 46.1. The van der Waals surface area contributed by atoms with Crippen molar-refractivity contribution in [2.24, 2.45) is 0 Å². The third-order valence-electron chi connectivity index (χ3n) is 11.2. The van der Waals surface area contributed by atoms with Gasteiger partial charge in [0.05, 0.1) is 33.3 Å². The highest BCUT2D eigenvalue weighted by Crippen LogP contribution is 2.15. The number of pyridine rings is 6. The summed E-state index contributed by atoms with van der Waals surface area (Å²) in [6.45, 7) is 14.8. The predicted octanol–water partition coefficient (Wildman–Crippen LogP) is 16.4. The molecule has 0 aliphatic rings. The van der Waals surface area contributed by atoms with Crippen molar-refractivity contribution in [1.82, 2.24) is 49.8 Å². The van der Waals surface area contributed by atoms with Crippen LogP contribution in [0.4, 0.5) is 22.0 Å². The molecule has 0 N–H and O–H groups in total. The minimum atomic E-state index is -0.780. The van der Waals surface area contributed by atoms with E-state index in [9.17, 15) is 22.0 Å². The van der Waals surface area contributed by atoms with E-state index < -0.39 is 29.7 Å². The molecule has 0 amide bonds. The fraction of sp³-hybridized carbons (Fsp3) is 0.121. The van der Waals surface area contributed by atoms with Crippen LogP contribution in [0.25, 0.3) is 54.5 Å². The summed E-state index contributed by atoms with van der Waals surface area (Å²) in [5.41, 5.74) is 11.0. The molecule has 0 aliphatic heterocycles. The van der Waals surface area contributed by atoms with E-state index in [1.54, 1.807) is 32.2 Å². The molecule has 0 aliphatic carbocycles. The van der Waals surface area contributed by atoms with Gasteiger partial charge < -0.3 is 0 Å². The van der Waals surface area contributed by atoms with E-state index in [4.69, 9.17) is 0 Å². The van der Waals surface area contributed by atoms with Crippen LogP contribution < -0.4 is 0 Å². The molecule has 0 saturated carbocycles. The van der Waals surface area contributed by atoms with Crippen molar-refractivity contribution in [3.63, 3.8) is 0 Å². The van der Waals surface area contributed by atoms with E-state index in [-0.39, 0.29) is 0 Å². The fourth-order valence-corrected chi connectivity index (χ4v) is 7.23. The summed E-state index contributed by atoms with van der Waals surface area (Å²) in [5, 5.41) is 5.99. The smallest absolute Gasteiger partial charge is 0.218 e. The van der Waals surface area contributed by atoms with Crippen LogP contribution in [0.15, 0.2) is 213 Å². The normalized spacial score (nSPS) is 10.0. The van der Waals surface area contributed by atoms with E-state index in [1.165, 1.54) is 58.3 Å². The number of para-hydroxylation sites is 5. The predicted molar refractivity (Wildman–Crippen MR) is 315 cm³/mol. The maximum absolute atomic E-state index is 12.2. The molecule has 13 rings (SSSR count). The number of hydrogen-bond donors (Lipinski definition) is 0. The van der Waals surface area contributed by atoms with Crippen LogP contribution in [0.5, 0.6) is 0 Å². The molecule has 81 heavy (non-hydrogen) atoms. The molecular formula is C66H59F5N10. The van der Waals surface area contributed by atoms with Crippen LogP contribution in [0.1, 0.15) is 45.3 Å². The topological polar surface area (TPSA) is 129 Å². The molecule has 13 aromatic rings. The van der Waals surface area contributed by atoms with Crippen LogP contribution in [0.3, 0.4) is 0 Å². The summed E-state index contributed by atoms with van der Waals surface area (Å²) in [5.74, 6) is -2.65. The molecule has 0 atom stereocenters. The Bertz CT molecular complexity index is 3590. The Balaban J connectivity index is 0.000000149. The molecule has 0 fully saturated rings. The largest absolute Gasteiger partial charge is 0.261 e. The highest BCUT2D eigenvalue weighted by atomic mass is 19.2. The Morgan fingerprint density at radius 2 is 0.790 bits per heavy atom. The number of fused-ring (bicyclic) bond motifs is 5. The van der Waals surface area contributed by atoms with Crippen LogP contribution in [0, 0.1) is 85.1 Å². The van der Waals surface area contributed by atoms with E-state index in [1.807, 2.05) is 149 Å². The lowest BCUT2D eigenvalue weighted by atomic mass is 10.1. The molecule has 0 saturated heterocycles. The number of benzene rings is 5. The molecule has 15 heteroatoms. The highest BCUT2D eigenvalue weighted by Gasteiger charge is 1.99. The maximum Gasteiger partial charge on any atom is 0.218 e. The first kappa shape index (κ1) is 60.3. The minimum absolute atomic E-state index is 0.358. The van der Waals surface area contributed by atoms with Crippen molar-refractivity contribution >= 4 is 54.5 Å². The van der Waals surface area contributed by atoms with Crippen molar-refractivity contribution in [3.8, 4) is 0 Å². The van der Waals surface area contributed by atoms with Gasteiger partial charge in [-0.05, 0) is 151 Å². The lowest BCUT2D eigenvalue weighted by Gasteiger charge is -1.96. The summed E-state index contributed by atoms with van der Waals surface area (Å²) in [6, 6.07) is 58.2. The fourth-order valence-electron chi connectivity index (χ4n) is 7.23. The number of halogens is 5. The zero-order chi connectivity index (χ0) is 58.1. The first-order valence-electron chi connectivity index (χ1n) is 25.5. The first-order valence-corrected chi connectivity index (χ1v) is 25.5. The number of rotatable bonds is 0. The van der Waals surface area contributed by atoms with Gasteiger partial charge in [-0.15, -0.1) is 0 Å². The van der Waals surface area contributed by atoms with E-state index >= 15 is 0 Å². The second kappa shape index (κ2) is 30.9. The van der Waals surface area contributed by atoms with Crippen LogP contribution in [0.2, 0.25) is 0 Å². The summed E-state index contributed by atoms with van der Waals surface area (Å²) in [7, 11) is 0. The van der Waals surface area contributed by atoms with Crippen molar-refractivity contribution in [2.45, 2.75) is 55.4 Å². The number of aryl methyl sites for hydroxylation is 8. The Morgan fingerprint density at radius 1 is 0.259 bits per heavy atom. The van der Waals surface area contributed by atoms with Crippen molar-refractivity contribution < 1.29 is 22.0 Å². The molecule has 8 aromatic heterocycles. The van der Waals surface area contributed by atoms with Crippen molar-refractivity contribution in [2.75, 3.05) is 0 Å². The lowest BCUT2D eigenvalue weighted by Crippen LogP contribution is -1.89. The van der Waals surface area contributed by atoms with Gasteiger partial charge in [-0.3, -0.25) is 19.9 Å². The molecule has 10 nitrogen and oxygen atoms in total. The molecule has 5 aromatic carbocycles. The molecule has 0 unspecified atom stereocenters. The van der Waals surface area contributed by atoms with Gasteiger partial charge in [0.2, 0.25) is 29.7 Å². The Labute approximate surface area is 467 Å². The van der Waals surface area contributed by atoms with Crippen LogP contribution in [-0.2, 0) is 0 Å². The van der Waals surface area contributed by atoms with Gasteiger partial charge >= 0.3 is 0 Å². The van der Waals surface area contributed by atoms with Gasteiger partial charge in [0.15, 0.2) is 0 Å². The molecule has 8 heterocycles. The van der Waals surface area contributed by atoms with Crippen molar-refractivity contribution in [1.29, 1.82) is 0 Å². The summed E-state index contributed by atoms with van der Waals surface area (Å²) in [6.07, 6.45) is 7.42.